The van der Waals surface area contributed by atoms with E-state index in [0.29, 0.717) is 19.3 Å². The molecule has 0 aromatic rings. The van der Waals surface area contributed by atoms with Gasteiger partial charge in [0.2, 0.25) is 0 Å². The van der Waals surface area contributed by atoms with Crippen LogP contribution >= 0.6 is 0 Å². The van der Waals surface area contributed by atoms with Crippen molar-refractivity contribution in [3.63, 3.8) is 0 Å². The Hall–Kier alpha value is -1.89. The maximum absolute atomic E-state index is 11.0. The fourth-order valence-corrected chi connectivity index (χ4v) is 6.07. The highest BCUT2D eigenvalue weighted by Gasteiger charge is 2.26. The van der Waals surface area contributed by atoms with Crippen LogP contribution in [-0.2, 0) is 14.4 Å². The molecule has 252 valence electrons. The topological polar surface area (TPSA) is 112 Å². The molecule has 7 heteroatoms. The number of allylic oxidation sites excluding steroid dienone is 2. The fraction of sp³-hybridized carbons (Fsp3) is 0.861. The van der Waals surface area contributed by atoms with Crippen molar-refractivity contribution in [3.05, 3.63) is 12.2 Å². The Labute approximate surface area is 264 Å². The first kappa shape index (κ1) is 41.1. The van der Waals surface area contributed by atoms with Gasteiger partial charge in [-0.05, 0) is 77.0 Å². The quantitative estimate of drug-likeness (QED) is 0.0380. The van der Waals surface area contributed by atoms with Gasteiger partial charge < -0.3 is 19.8 Å². The summed E-state index contributed by atoms with van der Waals surface area (Å²) in [7, 11) is 0. The maximum Gasteiger partial charge on any atom is 0.303 e. The third kappa shape index (κ3) is 29.9. The number of rotatable bonds is 34. The lowest BCUT2D eigenvalue weighted by atomic mass is 10.0. The van der Waals surface area contributed by atoms with Crippen LogP contribution in [0.1, 0.15) is 174 Å². The van der Waals surface area contributed by atoms with E-state index in [2.05, 4.69) is 19.1 Å². The first-order chi connectivity index (χ1) is 20.8. The van der Waals surface area contributed by atoms with Crippen LogP contribution in [0.5, 0.6) is 0 Å². The first-order valence-corrected chi connectivity index (χ1v) is 18.0. The second-order valence-electron chi connectivity index (χ2n) is 12.8. The van der Waals surface area contributed by atoms with Gasteiger partial charge in [0.05, 0.1) is 26.2 Å². The lowest BCUT2D eigenvalue weighted by molar-refractivity contribution is -0.929. The van der Waals surface area contributed by atoms with Crippen LogP contribution in [0.15, 0.2) is 12.2 Å². The molecule has 43 heavy (non-hydrogen) atoms. The second kappa shape index (κ2) is 30.1. The van der Waals surface area contributed by atoms with Gasteiger partial charge in [-0.1, -0.05) is 89.7 Å². The van der Waals surface area contributed by atoms with Crippen molar-refractivity contribution < 1.29 is 34.2 Å². The van der Waals surface area contributed by atoms with Crippen LogP contribution in [0.4, 0.5) is 0 Å². The van der Waals surface area contributed by atoms with Crippen molar-refractivity contribution in [3.8, 4) is 0 Å². The van der Waals surface area contributed by atoms with E-state index in [1.807, 2.05) is 0 Å². The van der Waals surface area contributed by atoms with Crippen molar-refractivity contribution in [2.75, 3.05) is 26.2 Å². The van der Waals surface area contributed by atoms with Gasteiger partial charge >= 0.3 is 17.9 Å². The van der Waals surface area contributed by atoms with Gasteiger partial charge in [-0.2, -0.15) is 0 Å². The maximum atomic E-state index is 11.0. The van der Waals surface area contributed by atoms with Gasteiger partial charge in [-0.25, -0.2) is 0 Å². The molecular formula is C36H68NO6+. The third-order valence-electron chi connectivity index (χ3n) is 8.71. The summed E-state index contributed by atoms with van der Waals surface area (Å²) >= 11 is 0. The van der Waals surface area contributed by atoms with Crippen LogP contribution in [0.3, 0.4) is 0 Å². The van der Waals surface area contributed by atoms with Crippen molar-refractivity contribution in [1.29, 1.82) is 0 Å². The van der Waals surface area contributed by atoms with Crippen LogP contribution in [0.25, 0.3) is 0 Å². The molecule has 0 heterocycles. The summed E-state index contributed by atoms with van der Waals surface area (Å²) in [6, 6.07) is 0. The molecular weight excluding hydrogens is 542 g/mol. The summed E-state index contributed by atoms with van der Waals surface area (Å²) in [5.74, 6) is -2.30. The van der Waals surface area contributed by atoms with E-state index in [0.717, 1.165) is 56.3 Å². The molecule has 3 N–H and O–H groups in total. The number of hydrogen-bond donors (Lipinski definition) is 3. The minimum atomic E-state index is -0.767. The summed E-state index contributed by atoms with van der Waals surface area (Å²) in [6.45, 7) is 5.95. The number of aliphatic carboxylic acids is 3. The Bertz CT molecular complexity index is 653. The predicted octanol–water partition coefficient (Wildman–Crippen LogP) is 9.78. The van der Waals surface area contributed by atoms with Crippen LogP contribution in [0, 0.1) is 0 Å². The highest BCUT2D eigenvalue weighted by molar-refractivity contribution is 5.67. The fourth-order valence-electron chi connectivity index (χ4n) is 6.07. The summed E-state index contributed by atoms with van der Waals surface area (Å²) in [6.07, 6.45) is 31.8. The molecule has 0 atom stereocenters. The zero-order valence-corrected chi connectivity index (χ0v) is 27.9. The Morgan fingerprint density at radius 1 is 0.419 bits per heavy atom. The Morgan fingerprint density at radius 3 is 1.02 bits per heavy atom. The summed E-state index contributed by atoms with van der Waals surface area (Å²) in [5.41, 5.74) is 0. The number of carboxylic acid groups (broad SMARTS) is 3. The zero-order chi connectivity index (χ0) is 31.9. The predicted molar refractivity (Wildman–Crippen MR) is 177 cm³/mol. The molecule has 0 aliphatic carbocycles. The van der Waals surface area contributed by atoms with Crippen molar-refractivity contribution >= 4 is 17.9 Å². The van der Waals surface area contributed by atoms with E-state index in [-0.39, 0.29) is 19.3 Å². The van der Waals surface area contributed by atoms with Crippen molar-refractivity contribution in [2.24, 2.45) is 0 Å². The summed E-state index contributed by atoms with van der Waals surface area (Å²) < 4.78 is 0.868. The molecule has 0 unspecified atom stereocenters. The van der Waals surface area contributed by atoms with E-state index < -0.39 is 17.9 Å². The standard InChI is InChI=1S/C36H67NO6/c1-2-3-4-5-6-7-8-9-10-11-12-13-14-15-16-17-18-19-23-30-37(31-24-20-27-34(38)39,32-25-21-28-35(40)41)33-26-22-29-36(42)43/h8-9H,2-7,10-33H2,1H3,(H2-,38,39,40,41,42,43)/p+1/b9-8+. The molecule has 7 nitrogen and oxygen atoms in total. The van der Waals surface area contributed by atoms with E-state index in [1.54, 1.807) is 0 Å². The number of quaternary nitrogens is 1. The minimum absolute atomic E-state index is 0.175. The molecule has 0 aromatic heterocycles. The molecule has 0 spiro atoms. The number of carboxylic acids is 3. The molecule has 0 aliphatic rings. The highest BCUT2D eigenvalue weighted by Crippen LogP contribution is 2.20. The van der Waals surface area contributed by atoms with E-state index in [4.69, 9.17) is 15.3 Å². The Kier molecular flexibility index (Phi) is 28.8. The van der Waals surface area contributed by atoms with Gasteiger partial charge in [0.1, 0.15) is 0 Å². The molecule has 0 saturated heterocycles. The zero-order valence-electron chi connectivity index (χ0n) is 27.9. The van der Waals surface area contributed by atoms with Crippen molar-refractivity contribution in [1.82, 2.24) is 0 Å². The van der Waals surface area contributed by atoms with E-state index in [1.165, 1.54) is 103 Å². The monoisotopic (exact) mass is 611 g/mol. The summed E-state index contributed by atoms with van der Waals surface area (Å²) in [4.78, 5) is 33.0. The van der Waals surface area contributed by atoms with Gasteiger partial charge in [0.15, 0.2) is 0 Å². The Balaban J connectivity index is 4.29. The SMILES string of the molecule is CCCCCCC/C=C/CCCCCCCCCCCC[N+](CCCCC(=O)O)(CCCCC(=O)O)CCCCC(=O)O. The highest BCUT2D eigenvalue weighted by atomic mass is 16.4. The molecule has 0 aliphatic heterocycles. The van der Waals surface area contributed by atoms with Crippen LogP contribution in [-0.4, -0.2) is 63.9 Å². The van der Waals surface area contributed by atoms with Gasteiger partial charge in [-0.15, -0.1) is 0 Å². The largest absolute Gasteiger partial charge is 0.481 e. The molecule has 0 bridgehead atoms. The van der Waals surface area contributed by atoms with Gasteiger partial charge in [-0.3, -0.25) is 14.4 Å². The number of carbonyl (C=O) groups is 3. The molecule has 0 aromatic carbocycles. The molecule has 0 amide bonds. The average Bonchev–Trinajstić information content (AvgIpc) is 2.96. The number of unbranched alkanes of at least 4 members (excludes halogenated alkanes) is 18. The average molecular weight is 611 g/mol. The number of hydrogen-bond acceptors (Lipinski definition) is 3. The molecule has 0 rings (SSSR count). The van der Waals surface area contributed by atoms with Crippen LogP contribution < -0.4 is 0 Å². The lowest BCUT2D eigenvalue weighted by Gasteiger charge is -2.39. The van der Waals surface area contributed by atoms with Gasteiger partial charge in [0, 0.05) is 19.3 Å². The molecule has 0 radical (unpaired) electrons. The normalized spacial score (nSPS) is 11.8. The lowest BCUT2D eigenvalue weighted by Crippen LogP contribution is -2.51. The minimum Gasteiger partial charge on any atom is -0.481 e. The smallest absolute Gasteiger partial charge is 0.303 e. The number of nitrogens with zero attached hydrogens (tertiary/aromatic N) is 1. The summed E-state index contributed by atoms with van der Waals surface area (Å²) in [5, 5.41) is 27.2. The second-order valence-corrected chi connectivity index (χ2v) is 12.8. The first-order valence-electron chi connectivity index (χ1n) is 18.0. The van der Waals surface area contributed by atoms with Gasteiger partial charge in [0.25, 0.3) is 0 Å². The van der Waals surface area contributed by atoms with Crippen molar-refractivity contribution in [2.45, 2.75) is 174 Å². The van der Waals surface area contributed by atoms with Crippen LogP contribution in [0.2, 0.25) is 0 Å². The van der Waals surface area contributed by atoms with E-state index >= 15 is 0 Å². The third-order valence-corrected chi connectivity index (χ3v) is 8.71. The van der Waals surface area contributed by atoms with E-state index in [9.17, 15) is 14.4 Å². The Morgan fingerprint density at radius 2 is 0.698 bits per heavy atom. The molecule has 0 saturated carbocycles. The molecule has 0 fully saturated rings.